The van der Waals surface area contributed by atoms with Crippen LogP contribution in [0.1, 0.15) is 72.2 Å². The van der Waals surface area contributed by atoms with E-state index in [1.54, 1.807) is 35.6 Å². The molecule has 2 aromatic rings. The van der Waals surface area contributed by atoms with Crippen LogP contribution in [0.15, 0.2) is 24.3 Å². The number of ether oxygens (including phenoxy) is 1. The number of carbonyl (C=O) groups is 2. The molecule has 5 nitrogen and oxygen atoms in total. The molecule has 1 N–H and O–H groups in total. The number of benzene rings is 1. The van der Waals surface area contributed by atoms with Crippen LogP contribution >= 0.6 is 22.9 Å². The highest BCUT2D eigenvalue weighted by atomic mass is 35.5. The Morgan fingerprint density at radius 1 is 1.18 bits per heavy atom. The van der Waals surface area contributed by atoms with E-state index in [0.717, 1.165) is 24.8 Å². The van der Waals surface area contributed by atoms with Crippen molar-refractivity contribution >= 4 is 39.8 Å². The van der Waals surface area contributed by atoms with E-state index >= 15 is 0 Å². The average Bonchev–Trinajstić information content (AvgIpc) is 3.08. The number of amides is 2. The van der Waals surface area contributed by atoms with Gasteiger partial charge in [0.15, 0.2) is 0 Å². The zero-order chi connectivity index (χ0) is 23.9. The average molecular weight is 489 g/mol. The largest absolute Gasteiger partial charge is 0.372 e. The van der Waals surface area contributed by atoms with Crippen molar-refractivity contribution in [3.8, 4) is 0 Å². The first kappa shape index (κ1) is 24.2. The fourth-order valence-electron chi connectivity index (χ4n) is 4.95. The van der Waals surface area contributed by atoms with E-state index in [2.05, 4.69) is 26.1 Å². The maximum Gasteiger partial charge on any atom is 0.257 e. The van der Waals surface area contributed by atoms with Crippen LogP contribution in [0.25, 0.3) is 0 Å². The van der Waals surface area contributed by atoms with Crippen molar-refractivity contribution in [2.24, 2.45) is 11.3 Å². The van der Waals surface area contributed by atoms with Crippen molar-refractivity contribution < 1.29 is 14.3 Å². The lowest BCUT2D eigenvalue weighted by Gasteiger charge is -2.36. The molecule has 1 aliphatic carbocycles. The number of fused-ring (bicyclic) bond motifs is 1. The molecule has 2 amide bonds. The lowest BCUT2D eigenvalue weighted by molar-refractivity contribution is -0.0586. The van der Waals surface area contributed by atoms with Crippen LogP contribution in [-0.2, 0) is 17.6 Å². The lowest BCUT2D eigenvalue weighted by Crippen LogP contribution is -2.48. The molecule has 7 heteroatoms. The van der Waals surface area contributed by atoms with Gasteiger partial charge in [-0.3, -0.25) is 9.59 Å². The Kier molecular flexibility index (Phi) is 6.90. The van der Waals surface area contributed by atoms with Crippen molar-refractivity contribution in [1.29, 1.82) is 0 Å². The molecule has 1 aliphatic heterocycles. The molecule has 3 atom stereocenters. The van der Waals surface area contributed by atoms with Crippen LogP contribution in [0.2, 0.25) is 5.02 Å². The molecule has 0 unspecified atom stereocenters. The Morgan fingerprint density at radius 2 is 1.88 bits per heavy atom. The number of hydrogen-bond acceptors (Lipinski definition) is 4. The molecular formula is C26H33ClN2O3S. The summed E-state index contributed by atoms with van der Waals surface area (Å²) >= 11 is 7.65. The van der Waals surface area contributed by atoms with Crippen LogP contribution in [0.4, 0.5) is 5.00 Å². The molecule has 178 valence electrons. The summed E-state index contributed by atoms with van der Waals surface area (Å²) < 4.78 is 5.84. The predicted molar refractivity (Wildman–Crippen MR) is 135 cm³/mol. The highest BCUT2D eigenvalue weighted by Gasteiger charge is 2.36. The van der Waals surface area contributed by atoms with Gasteiger partial charge in [-0.15, -0.1) is 11.3 Å². The summed E-state index contributed by atoms with van der Waals surface area (Å²) in [4.78, 5) is 30.0. The molecular weight excluding hydrogens is 456 g/mol. The highest BCUT2D eigenvalue weighted by molar-refractivity contribution is 7.17. The van der Waals surface area contributed by atoms with Crippen LogP contribution in [0.3, 0.4) is 0 Å². The van der Waals surface area contributed by atoms with Gasteiger partial charge in [-0.2, -0.15) is 0 Å². The summed E-state index contributed by atoms with van der Waals surface area (Å²) in [6.07, 6.45) is 2.82. The van der Waals surface area contributed by atoms with Gasteiger partial charge < -0.3 is 15.0 Å². The van der Waals surface area contributed by atoms with Crippen molar-refractivity contribution in [2.45, 2.75) is 66.1 Å². The Labute approximate surface area is 205 Å². The summed E-state index contributed by atoms with van der Waals surface area (Å²) in [6.45, 7) is 11.9. The number of thiophene rings is 1. The monoisotopic (exact) mass is 488 g/mol. The summed E-state index contributed by atoms with van der Waals surface area (Å²) in [6, 6.07) is 6.88. The van der Waals surface area contributed by atoms with Gasteiger partial charge >= 0.3 is 0 Å². The lowest BCUT2D eigenvalue weighted by atomic mass is 9.72. The van der Waals surface area contributed by atoms with Gasteiger partial charge in [0.2, 0.25) is 0 Å². The molecule has 2 heterocycles. The number of anilines is 1. The first-order chi connectivity index (χ1) is 15.5. The third kappa shape index (κ3) is 5.28. The summed E-state index contributed by atoms with van der Waals surface area (Å²) in [5, 5.41) is 4.21. The van der Waals surface area contributed by atoms with E-state index in [4.69, 9.17) is 16.3 Å². The van der Waals surface area contributed by atoms with E-state index in [0.29, 0.717) is 40.2 Å². The topological polar surface area (TPSA) is 58.6 Å². The zero-order valence-electron chi connectivity index (χ0n) is 20.0. The number of hydrogen-bond donors (Lipinski definition) is 1. The second-order valence-electron chi connectivity index (χ2n) is 10.4. The normalized spacial score (nSPS) is 23.2. The maximum atomic E-state index is 13.8. The van der Waals surface area contributed by atoms with E-state index < -0.39 is 0 Å². The van der Waals surface area contributed by atoms with Gasteiger partial charge in [-0.05, 0) is 68.2 Å². The molecule has 2 aliphatic rings. The molecule has 1 saturated heterocycles. The molecule has 33 heavy (non-hydrogen) atoms. The number of nitrogens with zero attached hydrogens (tertiary/aromatic N) is 1. The number of nitrogens with one attached hydrogen (secondary N) is 1. The van der Waals surface area contributed by atoms with Crippen LogP contribution in [-0.4, -0.2) is 42.0 Å². The molecule has 4 rings (SSSR count). The minimum absolute atomic E-state index is 0.00916. The SMILES string of the molecule is C[C@@H]1CN(C(=O)c2c(NC(=O)c3cccc(Cl)c3)sc3c2CC[C@@H](C(C)(C)C)C3)C[C@H](C)O1. The second-order valence-corrected chi connectivity index (χ2v) is 12.0. The number of carbonyl (C=O) groups excluding carboxylic acids is 2. The molecule has 1 fully saturated rings. The Bertz CT molecular complexity index is 1050. The molecule has 0 spiro atoms. The second kappa shape index (κ2) is 9.40. The van der Waals surface area contributed by atoms with Gasteiger partial charge in [-0.1, -0.05) is 38.4 Å². The van der Waals surface area contributed by atoms with E-state index in [-0.39, 0.29) is 29.4 Å². The zero-order valence-corrected chi connectivity index (χ0v) is 21.6. The van der Waals surface area contributed by atoms with Gasteiger partial charge in [0.05, 0.1) is 17.8 Å². The third-order valence-electron chi connectivity index (χ3n) is 6.72. The first-order valence-electron chi connectivity index (χ1n) is 11.7. The highest BCUT2D eigenvalue weighted by Crippen LogP contribution is 2.45. The van der Waals surface area contributed by atoms with Crippen molar-refractivity contribution in [1.82, 2.24) is 4.90 Å². The van der Waals surface area contributed by atoms with Crippen LogP contribution in [0.5, 0.6) is 0 Å². The van der Waals surface area contributed by atoms with E-state index in [1.165, 1.54) is 4.88 Å². The van der Waals surface area contributed by atoms with Crippen molar-refractivity contribution in [3.63, 3.8) is 0 Å². The molecule has 1 aromatic carbocycles. The minimum Gasteiger partial charge on any atom is -0.372 e. The first-order valence-corrected chi connectivity index (χ1v) is 12.9. The van der Waals surface area contributed by atoms with Gasteiger partial charge in [0.25, 0.3) is 11.8 Å². The third-order valence-corrected chi connectivity index (χ3v) is 8.13. The molecule has 0 bridgehead atoms. The fourth-order valence-corrected chi connectivity index (χ4v) is 6.45. The summed E-state index contributed by atoms with van der Waals surface area (Å²) in [5.74, 6) is 0.290. The Hall–Kier alpha value is -1.89. The Balaban J connectivity index is 1.70. The molecule has 0 radical (unpaired) electrons. The quantitative estimate of drug-likeness (QED) is 0.571. The van der Waals surface area contributed by atoms with E-state index in [1.807, 2.05) is 18.7 Å². The van der Waals surface area contributed by atoms with Crippen molar-refractivity contribution in [2.75, 3.05) is 18.4 Å². The summed E-state index contributed by atoms with van der Waals surface area (Å²) in [5.41, 5.74) is 2.46. The van der Waals surface area contributed by atoms with E-state index in [9.17, 15) is 9.59 Å². The fraction of sp³-hybridized carbons (Fsp3) is 0.538. The number of morpholine rings is 1. The molecule has 0 saturated carbocycles. The van der Waals surface area contributed by atoms with Gasteiger partial charge in [0.1, 0.15) is 5.00 Å². The van der Waals surface area contributed by atoms with Gasteiger partial charge in [0, 0.05) is 28.6 Å². The molecule has 1 aromatic heterocycles. The van der Waals surface area contributed by atoms with Crippen molar-refractivity contribution in [3.05, 3.63) is 50.9 Å². The predicted octanol–water partition coefficient (Wildman–Crippen LogP) is 6.05. The summed E-state index contributed by atoms with van der Waals surface area (Å²) in [7, 11) is 0. The number of rotatable bonds is 3. The Morgan fingerprint density at radius 3 is 2.52 bits per heavy atom. The minimum atomic E-state index is -0.249. The van der Waals surface area contributed by atoms with Crippen LogP contribution < -0.4 is 5.32 Å². The number of halogens is 1. The van der Waals surface area contributed by atoms with Gasteiger partial charge in [-0.25, -0.2) is 0 Å². The maximum absolute atomic E-state index is 13.8. The smallest absolute Gasteiger partial charge is 0.257 e. The standard InChI is InChI=1S/C26H33ClN2O3S/c1-15-13-29(14-16(2)32-15)25(31)22-20-10-9-18(26(3,4)5)12-21(20)33-24(22)28-23(30)17-7-6-8-19(27)11-17/h6-8,11,15-16,18H,9-10,12-14H2,1-5H3,(H,28,30)/t15-,16+,18-/m1/s1. The van der Waals surface area contributed by atoms with Crippen LogP contribution in [0, 0.1) is 11.3 Å².